The lowest BCUT2D eigenvalue weighted by Crippen LogP contribution is -2.27. The van der Waals surface area contributed by atoms with Crippen LogP contribution < -0.4 is 4.74 Å². The molecule has 0 aliphatic rings. The van der Waals surface area contributed by atoms with Crippen LogP contribution in [0, 0.1) is 0 Å². The van der Waals surface area contributed by atoms with Crippen molar-refractivity contribution in [1.29, 1.82) is 0 Å². The molecule has 2 heterocycles. The Morgan fingerprint density at radius 2 is 1.68 bits per heavy atom. The van der Waals surface area contributed by atoms with Crippen molar-refractivity contribution in [3.8, 4) is 5.75 Å². The summed E-state index contributed by atoms with van der Waals surface area (Å²) in [7, 11) is 0. The van der Waals surface area contributed by atoms with E-state index in [-0.39, 0.29) is 5.78 Å². The number of hydrogen-bond acceptors (Lipinski definition) is 3. The molecule has 0 unspecified atom stereocenters. The Balaban J connectivity index is 1.63. The van der Waals surface area contributed by atoms with E-state index >= 15 is 0 Å². The Morgan fingerprint density at radius 1 is 0.935 bits per heavy atom. The van der Waals surface area contributed by atoms with Gasteiger partial charge in [0, 0.05) is 24.5 Å². The normalized spacial score (nSPS) is 11.4. The lowest BCUT2D eigenvalue weighted by Gasteiger charge is -2.20. The maximum absolute atomic E-state index is 13.3. The first-order valence-electron chi connectivity index (χ1n) is 11.8. The van der Waals surface area contributed by atoms with Crippen molar-refractivity contribution in [2.24, 2.45) is 0 Å². The molecule has 2 aromatic heterocycles. The largest absolute Gasteiger partial charge is 0.494 e. The molecule has 0 fully saturated rings. The van der Waals surface area contributed by atoms with E-state index in [2.05, 4.69) is 36.3 Å². The van der Waals surface area contributed by atoms with E-state index in [9.17, 15) is 4.79 Å². The number of benzene rings is 1. The Hall–Kier alpha value is -2.59. The molecule has 3 aromatic rings. The smallest absolute Gasteiger partial charge is 0.195 e. The van der Waals surface area contributed by atoms with Crippen LogP contribution in [0.5, 0.6) is 5.75 Å². The van der Waals surface area contributed by atoms with Crippen LogP contribution in [-0.2, 0) is 6.42 Å². The fraction of sp³-hybridized carbons (Fsp3) is 0.444. The highest BCUT2D eigenvalue weighted by atomic mass is 16.5. The zero-order valence-electron chi connectivity index (χ0n) is 19.3. The number of carbonyl (C=O) groups excluding carboxylic acids is 1. The number of rotatable bonds is 13. The Kier molecular flexibility index (Phi) is 8.72. The molecule has 0 spiro atoms. The Morgan fingerprint density at radius 3 is 2.35 bits per heavy atom. The molecular weight excluding hydrogens is 384 g/mol. The van der Waals surface area contributed by atoms with Crippen molar-refractivity contribution >= 4 is 11.3 Å². The van der Waals surface area contributed by atoms with E-state index in [1.54, 1.807) is 0 Å². The molecule has 0 N–H and O–H groups in total. The van der Waals surface area contributed by atoms with Crippen molar-refractivity contribution in [2.45, 2.75) is 52.9 Å². The number of hydrogen-bond donors (Lipinski definition) is 0. The molecule has 0 aliphatic carbocycles. The van der Waals surface area contributed by atoms with Crippen LogP contribution in [-0.4, -0.2) is 41.3 Å². The summed E-state index contributed by atoms with van der Waals surface area (Å²) in [5.74, 6) is 0.906. The third-order valence-electron chi connectivity index (χ3n) is 5.59. The fourth-order valence-corrected chi connectivity index (χ4v) is 4.19. The zero-order chi connectivity index (χ0) is 22.1. The minimum absolute atomic E-state index is 0.0819. The van der Waals surface area contributed by atoms with E-state index in [0.717, 1.165) is 61.3 Å². The van der Waals surface area contributed by atoms with Gasteiger partial charge in [0.15, 0.2) is 5.78 Å². The molecule has 4 nitrogen and oxygen atoms in total. The van der Waals surface area contributed by atoms with E-state index in [1.165, 1.54) is 12.8 Å². The van der Waals surface area contributed by atoms with Gasteiger partial charge < -0.3 is 14.0 Å². The van der Waals surface area contributed by atoms with Gasteiger partial charge in [0.1, 0.15) is 5.75 Å². The van der Waals surface area contributed by atoms with Crippen molar-refractivity contribution in [2.75, 3.05) is 26.2 Å². The maximum Gasteiger partial charge on any atom is 0.195 e. The van der Waals surface area contributed by atoms with Gasteiger partial charge in [-0.25, -0.2) is 0 Å². The predicted molar refractivity (Wildman–Crippen MR) is 128 cm³/mol. The van der Waals surface area contributed by atoms with E-state index < -0.39 is 0 Å². The van der Waals surface area contributed by atoms with Gasteiger partial charge in [-0.2, -0.15) is 0 Å². The van der Waals surface area contributed by atoms with Crippen molar-refractivity contribution in [1.82, 2.24) is 9.30 Å². The van der Waals surface area contributed by atoms with Crippen LogP contribution in [0.1, 0.15) is 67.9 Å². The first-order valence-corrected chi connectivity index (χ1v) is 11.8. The van der Waals surface area contributed by atoms with Gasteiger partial charge in [-0.05, 0) is 80.7 Å². The predicted octanol–water partition coefficient (Wildman–Crippen LogP) is 6.01. The number of fused-ring (bicyclic) bond motifs is 1. The first kappa shape index (κ1) is 23.1. The quantitative estimate of drug-likeness (QED) is 0.251. The highest BCUT2D eigenvalue weighted by Crippen LogP contribution is 2.24. The van der Waals surface area contributed by atoms with Crippen LogP contribution in [0.4, 0.5) is 0 Å². The van der Waals surface area contributed by atoms with Gasteiger partial charge in [-0.1, -0.05) is 33.3 Å². The highest BCUT2D eigenvalue weighted by molar-refractivity contribution is 6.14. The average Bonchev–Trinajstić information content (AvgIpc) is 3.15. The lowest BCUT2D eigenvalue weighted by atomic mass is 9.98. The third kappa shape index (κ3) is 5.98. The summed E-state index contributed by atoms with van der Waals surface area (Å²) in [4.78, 5) is 15.8. The van der Waals surface area contributed by atoms with Crippen LogP contribution in [0.2, 0.25) is 0 Å². The molecular formula is C27H36N2O2. The zero-order valence-corrected chi connectivity index (χ0v) is 19.3. The molecule has 0 amide bonds. The van der Waals surface area contributed by atoms with Crippen molar-refractivity contribution in [3.63, 3.8) is 0 Å². The molecule has 31 heavy (non-hydrogen) atoms. The molecule has 1 aromatic carbocycles. The van der Waals surface area contributed by atoms with Gasteiger partial charge in [-0.15, -0.1) is 0 Å². The minimum Gasteiger partial charge on any atom is -0.494 e. The molecule has 166 valence electrons. The summed E-state index contributed by atoms with van der Waals surface area (Å²) >= 11 is 0. The fourth-order valence-electron chi connectivity index (χ4n) is 4.19. The number of carbonyl (C=O) groups is 1. The maximum atomic E-state index is 13.3. The second-order valence-electron chi connectivity index (χ2n) is 8.17. The summed E-state index contributed by atoms with van der Waals surface area (Å²) in [5, 5.41) is 0. The minimum atomic E-state index is 0.0819. The number of nitrogens with zero attached hydrogens (tertiary/aromatic N) is 2. The SMILES string of the molecule is CCCc1cn2ccccc2c1C(=O)c1ccc(OCCCN(CCC)CCC)cc1. The summed E-state index contributed by atoms with van der Waals surface area (Å²) in [6.07, 6.45) is 9.39. The van der Waals surface area contributed by atoms with E-state index in [4.69, 9.17) is 4.74 Å². The number of ether oxygens (including phenoxy) is 1. The number of aryl methyl sites for hydroxylation is 1. The van der Waals surface area contributed by atoms with Crippen LogP contribution in [0.15, 0.2) is 54.9 Å². The molecule has 0 radical (unpaired) electrons. The molecule has 0 aliphatic heterocycles. The average molecular weight is 421 g/mol. The summed E-state index contributed by atoms with van der Waals surface area (Å²) in [6, 6.07) is 13.6. The Bertz CT molecular complexity index is 953. The number of ketones is 1. The van der Waals surface area contributed by atoms with Gasteiger partial charge in [0.2, 0.25) is 0 Å². The summed E-state index contributed by atoms with van der Waals surface area (Å²) in [6.45, 7) is 10.7. The van der Waals surface area contributed by atoms with E-state index in [1.807, 2.05) is 48.7 Å². The second kappa shape index (κ2) is 11.7. The third-order valence-corrected chi connectivity index (χ3v) is 5.59. The number of aromatic nitrogens is 1. The molecule has 3 rings (SSSR count). The monoisotopic (exact) mass is 420 g/mol. The molecule has 0 bridgehead atoms. The van der Waals surface area contributed by atoms with Crippen LogP contribution in [0.3, 0.4) is 0 Å². The van der Waals surface area contributed by atoms with Crippen molar-refractivity contribution < 1.29 is 9.53 Å². The van der Waals surface area contributed by atoms with Crippen molar-refractivity contribution in [3.05, 3.63) is 71.5 Å². The molecule has 0 atom stereocenters. The second-order valence-corrected chi connectivity index (χ2v) is 8.17. The molecule has 4 heteroatoms. The van der Waals surface area contributed by atoms with E-state index in [0.29, 0.717) is 12.2 Å². The van der Waals surface area contributed by atoms with Crippen LogP contribution >= 0.6 is 0 Å². The topological polar surface area (TPSA) is 34.0 Å². The van der Waals surface area contributed by atoms with Gasteiger partial charge in [-0.3, -0.25) is 4.79 Å². The lowest BCUT2D eigenvalue weighted by molar-refractivity contribution is 0.103. The molecule has 0 saturated heterocycles. The molecule has 0 saturated carbocycles. The summed E-state index contributed by atoms with van der Waals surface area (Å²) < 4.78 is 7.98. The van der Waals surface area contributed by atoms with Gasteiger partial charge >= 0.3 is 0 Å². The first-order chi connectivity index (χ1) is 15.2. The Labute approximate surface area is 186 Å². The standard InChI is InChI=1S/C27H36N2O2/c1-4-10-23-21-29-19-8-7-11-25(29)26(23)27(30)22-12-14-24(15-13-22)31-20-9-18-28(16-5-2)17-6-3/h7-8,11-15,19,21H,4-6,9-10,16-18,20H2,1-3H3. The summed E-state index contributed by atoms with van der Waals surface area (Å²) in [5.41, 5.74) is 3.62. The van der Waals surface area contributed by atoms with Gasteiger partial charge in [0.25, 0.3) is 0 Å². The van der Waals surface area contributed by atoms with Crippen LogP contribution in [0.25, 0.3) is 5.52 Å². The number of pyridine rings is 1. The van der Waals surface area contributed by atoms with Gasteiger partial charge in [0.05, 0.1) is 17.7 Å². The highest BCUT2D eigenvalue weighted by Gasteiger charge is 2.19.